The molecule has 1 aromatic carbocycles. The molecule has 3 nitrogen and oxygen atoms in total. The molecule has 70 valence electrons. The first kappa shape index (κ1) is 9.85. The fourth-order valence-electron chi connectivity index (χ4n) is 0.717. The van der Waals surface area contributed by atoms with Crippen LogP contribution in [0.15, 0.2) is 34.3 Å². The summed E-state index contributed by atoms with van der Waals surface area (Å²) >= 11 is 1.38. The summed E-state index contributed by atoms with van der Waals surface area (Å²) in [5, 5.41) is 11.1. The van der Waals surface area contributed by atoms with Crippen molar-refractivity contribution in [3.8, 4) is 0 Å². The molecule has 13 heavy (non-hydrogen) atoms. The van der Waals surface area contributed by atoms with E-state index in [2.05, 4.69) is 5.16 Å². The van der Waals surface area contributed by atoms with Crippen molar-refractivity contribution in [1.82, 2.24) is 0 Å². The molecule has 0 saturated heterocycles. The van der Waals surface area contributed by atoms with Crippen LogP contribution in [0.5, 0.6) is 0 Å². The van der Waals surface area contributed by atoms with Crippen LogP contribution in [0, 0.1) is 5.82 Å². The molecule has 0 aliphatic heterocycles. The van der Waals surface area contributed by atoms with E-state index in [9.17, 15) is 4.39 Å². The lowest BCUT2D eigenvalue weighted by atomic mass is 10.4. The summed E-state index contributed by atoms with van der Waals surface area (Å²) in [4.78, 5) is 0.882. The number of benzene rings is 1. The number of thioether (sulfide) groups is 1. The predicted molar refractivity (Wildman–Crippen MR) is 50.5 cm³/mol. The third kappa shape index (κ3) is 3.33. The van der Waals surface area contributed by atoms with E-state index in [0.717, 1.165) is 4.90 Å². The summed E-state index contributed by atoms with van der Waals surface area (Å²) in [6.45, 7) is 0. The van der Waals surface area contributed by atoms with Crippen molar-refractivity contribution in [2.24, 2.45) is 10.9 Å². The van der Waals surface area contributed by atoms with Crippen molar-refractivity contribution in [3.05, 3.63) is 30.1 Å². The highest BCUT2D eigenvalue weighted by Crippen LogP contribution is 2.17. The van der Waals surface area contributed by atoms with Crippen molar-refractivity contribution in [2.45, 2.75) is 4.90 Å². The number of hydrogen-bond acceptors (Lipinski definition) is 3. The Morgan fingerprint density at radius 2 is 2.08 bits per heavy atom. The summed E-state index contributed by atoms with van der Waals surface area (Å²) in [6.07, 6.45) is 0. The Morgan fingerprint density at radius 3 is 2.62 bits per heavy atom. The molecule has 0 aromatic heterocycles. The van der Waals surface area contributed by atoms with Gasteiger partial charge in [-0.2, -0.15) is 0 Å². The summed E-state index contributed by atoms with van der Waals surface area (Å²) in [6, 6.07) is 6.03. The van der Waals surface area contributed by atoms with Gasteiger partial charge in [0.05, 0.1) is 5.75 Å². The minimum atomic E-state index is -0.270. The average Bonchev–Trinajstić information content (AvgIpc) is 2.16. The van der Waals surface area contributed by atoms with Gasteiger partial charge in [-0.3, -0.25) is 0 Å². The van der Waals surface area contributed by atoms with Crippen LogP contribution in [-0.2, 0) is 0 Å². The van der Waals surface area contributed by atoms with Gasteiger partial charge in [-0.25, -0.2) is 4.39 Å². The topological polar surface area (TPSA) is 58.6 Å². The normalized spacial score (nSPS) is 11.6. The molecule has 0 atom stereocenters. The molecule has 0 radical (unpaired) electrons. The first-order valence-corrected chi connectivity index (χ1v) is 4.55. The van der Waals surface area contributed by atoms with Crippen LogP contribution in [0.1, 0.15) is 0 Å². The Morgan fingerprint density at radius 1 is 1.46 bits per heavy atom. The van der Waals surface area contributed by atoms with Gasteiger partial charge >= 0.3 is 0 Å². The molecule has 0 fully saturated rings. The van der Waals surface area contributed by atoms with Crippen LogP contribution in [0.3, 0.4) is 0 Å². The van der Waals surface area contributed by atoms with Crippen molar-refractivity contribution >= 4 is 17.6 Å². The SMILES string of the molecule is NC(CSc1ccc(F)cc1)=NO. The molecular formula is C8H9FN2OS. The molecule has 1 aromatic rings. The van der Waals surface area contributed by atoms with Gasteiger partial charge in [-0.15, -0.1) is 11.8 Å². The van der Waals surface area contributed by atoms with Crippen LogP contribution < -0.4 is 5.73 Å². The van der Waals surface area contributed by atoms with E-state index < -0.39 is 0 Å². The largest absolute Gasteiger partial charge is 0.409 e. The number of hydrogen-bond donors (Lipinski definition) is 2. The minimum Gasteiger partial charge on any atom is -0.409 e. The number of rotatable bonds is 3. The zero-order chi connectivity index (χ0) is 9.68. The van der Waals surface area contributed by atoms with E-state index in [4.69, 9.17) is 10.9 Å². The average molecular weight is 200 g/mol. The van der Waals surface area contributed by atoms with Gasteiger partial charge in [0, 0.05) is 4.90 Å². The molecule has 0 heterocycles. The number of amidine groups is 1. The minimum absolute atomic E-state index is 0.148. The number of nitrogens with two attached hydrogens (primary N) is 1. The molecule has 0 aliphatic carbocycles. The van der Waals surface area contributed by atoms with E-state index >= 15 is 0 Å². The number of oxime groups is 1. The summed E-state index contributed by atoms with van der Waals surface area (Å²) < 4.78 is 12.5. The Labute approximate surface area is 79.4 Å². The first-order chi connectivity index (χ1) is 6.22. The first-order valence-electron chi connectivity index (χ1n) is 3.57. The van der Waals surface area contributed by atoms with E-state index in [-0.39, 0.29) is 11.7 Å². The highest BCUT2D eigenvalue weighted by atomic mass is 32.2. The van der Waals surface area contributed by atoms with Gasteiger partial charge in [-0.05, 0) is 24.3 Å². The molecule has 5 heteroatoms. The van der Waals surface area contributed by atoms with Gasteiger partial charge in [0.25, 0.3) is 0 Å². The number of nitrogens with zero attached hydrogens (tertiary/aromatic N) is 1. The van der Waals surface area contributed by atoms with Crippen LogP contribution in [-0.4, -0.2) is 16.8 Å². The summed E-state index contributed by atoms with van der Waals surface area (Å²) in [5.41, 5.74) is 5.26. The maximum Gasteiger partial charge on any atom is 0.149 e. The Hall–Kier alpha value is -1.23. The standard InChI is InChI=1S/C8H9FN2OS/c9-6-1-3-7(4-2-6)13-5-8(10)11-12/h1-4,12H,5H2,(H2,10,11). The maximum absolute atomic E-state index is 12.5. The zero-order valence-corrected chi connectivity index (χ0v) is 7.59. The summed E-state index contributed by atoms with van der Waals surface area (Å²) in [7, 11) is 0. The van der Waals surface area contributed by atoms with Crippen molar-refractivity contribution in [1.29, 1.82) is 0 Å². The van der Waals surface area contributed by atoms with Crippen LogP contribution in [0.2, 0.25) is 0 Å². The van der Waals surface area contributed by atoms with E-state index in [1.54, 1.807) is 12.1 Å². The van der Waals surface area contributed by atoms with Crippen LogP contribution in [0.25, 0.3) is 0 Å². The fraction of sp³-hybridized carbons (Fsp3) is 0.125. The lowest BCUT2D eigenvalue weighted by Crippen LogP contribution is -2.13. The Balaban J connectivity index is 2.51. The monoisotopic (exact) mass is 200 g/mol. The highest BCUT2D eigenvalue weighted by molar-refractivity contribution is 8.00. The lowest BCUT2D eigenvalue weighted by molar-refractivity contribution is 0.318. The van der Waals surface area contributed by atoms with Crippen molar-refractivity contribution in [2.75, 3.05) is 5.75 Å². The van der Waals surface area contributed by atoms with Gasteiger partial charge in [0.15, 0.2) is 0 Å². The Bertz CT molecular complexity index is 300. The van der Waals surface area contributed by atoms with E-state index in [0.29, 0.717) is 5.75 Å². The fourth-order valence-corrected chi connectivity index (χ4v) is 1.42. The van der Waals surface area contributed by atoms with Crippen molar-refractivity contribution < 1.29 is 9.60 Å². The van der Waals surface area contributed by atoms with Gasteiger partial charge in [-0.1, -0.05) is 5.16 Å². The second-order valence-corrected chi connectivity index (χ2v) is 3.38. The second kappa shape index (κ2) is 4.71. The molecule has 0 bridgehead atoms. The molecule has 3 N–H and O–H groups in total. The quantitative estimate of drug-likeness (QED) is 0.256. The highest BCUT2D eigenvalue weighted by Gasteiger charge is 1.97. The lowest BCUT2D eigenvalue weighted by Gasteiger charge is -1.99. The Kier molecular flexibility index (Phi) is 3.57. The van der Waals surface area contributed by atoms with Gasteiger partial charge < -0.3 is 10.9 Å². The zero-order valence-electron chi connectivity index (χ0n) is 6.77. The van der Waals surface area contributed by atoms with E-state index in [1.807, 2.05) is 0 Å². The maximum atomic E-state index is 12.5. The van der Waals surface area contributed by atoms with Crippen LogP contribution in [0.4, 0.5) is 4.39 Å². The molecule has 1 rings (SSSR count). The molecule has 0 spiro atoms. The second-order valence-electron chi connectivity index (χ2n) is 2.33. The molecule has 0 unspecified atom stereocenters. The third-order valence-corrected chi connectivity index (χ3v) is 2.37. The smallest absolute Gasteiger partial charge is 0.149 e. The van der Waals surface area contributed by atoms with Crippen molar-refractivity contribution in [3.63, 3.8) is 0 Å². The predicted octanol–water partition coefficient (Wildman–Crippen LogP) is 1.66. The van der Waals surface area contributed by atoms with Gasteiger partial charge in [0.2, 0.25) is 0 Å². The molecule has 0 aliphatic rings. The van der Waals surface area contributed by atoms with Crippen LogP contribution >= 0.6 is 11.8 Å². The molecule has 0 amide bonds. The van der Waals surface area contributed by atoms with Gasteiger partial charge in [0.1, 0.15) is 11.7 Å². The summed E-state index contributed by atoms with van der Waals surface area (Å²) in [5.74, 6) is 0.268. The third-order valence-electron chi connectivity index (χ3n) is 1.33. The number of halogens is 1. The molecular weight excluding hydrogens is 191 g/mol. The van der Waals surface area contributed by atoms with E-state index in [1.165, 1.54) is 23.9 Å². The molecule has 0 saturated carbocycles.